The van der Waals surface area contributed by atoms with Gasteiger partial charge in [0.1, 0.15) is 0 Å². The van der Waals surface area contributed by atoms with E-state index in [1.807, 2.05) is 30.4 Å². The first-order valence-electron chi connectivity index (χ1n) is 10.4. The lowest BCUT2D eigenvalue weighted by atomic mass is 10.1. The summed E-state index contributed by atoms with van der Waals surface area (Å²) in [5.41, 5.74) is 10.4. The van der Waals surface area contributed by atoms with Crippen molar-refractivity contribution >= 4 is 46.4 Å². The quantitative estimate of drug-likeness (QED) is 0.361. The Labute approximate surface area is 179 Å². The van der Waals surface area contributed by atoms with Gasteiger partial charge in [-0.3, -0.25) is 0 Å². The predicted octanol–water partition coefficient (Wildman–Crippen LogP) is 6.25. The van der Waals surface area contributed by atoms with Crippen molar-refractivity contribution in [2.75, 3.05) is 0 Å². The van der Waals surface area contributed by atoms with Crippen LogP contribution in [0.25, 0.3) is 46.4 Å². The van der Waals surface area contributed by atoms with Gasteiger partial charge in [0, 0.05) is 22.1 Å². The monoisotopic (exact) mass is 400 g/mol. The van der Waals surface area contributed by atoms with Crippen molar-refractivity contribution < 1.29 is 0 Å². The fourth-order valence-electron chi connectivity index (χ4n) is 4.04. The van der Waals surface area contributed by atoms with Crippen molar-refractivity contribution in [3.05, 3.63) is 107 Å². The minimum atomic E-state index is 0.861. The molecule has 0 saturated carbocycles. The fourth-order valence-corrected chi connectivity index (χ4v) is 4.04. The molecule has 2 N–H and O–H groups in total. The van der Waals surface area contributed by atoms with Crippen LogP contribution in [-0.4, -0.2) is 19.9 Å². The van der Waals surface area contributed by atoms with Crippen LogP contribution in [0, 0.1) is 0 Å². The van der Waals surface area contributed by atoms with Crippen LogP contribution >= 0.6 is 0 Å². The highest BCUT2D eigenvalue weighted by Gasteiger charge is 2.06. The second kappa shape index (κ2) is 7.26. The van der Waals surface area contributed by atoms with Gasteiger partial charge in [0.2, 0.25) is 0 Å². The summed E-state index contributed by atoms with van der Waals surface area (Å²) in [4.78, 5) is 16.5. The maximum absolute atomic E-state index is 4.77. The predicted molar refractivity (Wildman–Crippen MR) is 128 cm³/mol. The normalized spacial score (nSPS) is 12.4. The molecule has 0 atom stereocenters. The molecule has 148 valence electrons. The minimum absolute atomic E-state index is 0.861. The molecular weight excluding hydrogens is 380 g/mol. The van der Waals surface area contributed by atoms with Gasteiger partial charge in [0.25, 0.3) is 0 Å². The van der Waals surface area contributed by atoms with Crippen LogP contribution in [0.3, 0.4) is 0 Å². The van der Waals surface area contributed by atoms with E-state index in [-0.39, 0.29) is 0 Å². The molecule has 6 rings (SSSR count). The molecule has 0 radical (unpaired) electrons. The molecule has 2 aliphatic heterocycles. The van der Waals surface area contributed by atoms with Crippen molar-refractivity contribution in [2.24, 2.45) is 0 Å². The van der Waals surface area contributed by atoms with Crippen LogP contribution < -0.4 is 0 Å². The summed E-state index contributed by atoms with van der Waals surface area (Å²) < 4.78 is 0. The maximum atomic E-state index is 4.77. The van der Waals surface area contributed by atoms with Crippen molar-refractivity contribution in [2.45, 2.75) is 6.42 Å². The summed E-state index contributed by atoms with van der Waals surface area (Å²) in [5, 5.41) is 0. The zero-order valence-corrected chi connectivity index (χ0v) is 16.8. The third kappa shape index (κ3) is 3.71. The molecule has 4 aromatic rings. The van der Waals surface area contributed by atoms with E-state index in [4.69, 9.17) is 4.98 Å². The standard InChI is InChI=1S/C27H20N4/c1-2-4-18(5-3-1)12-19-13-26-16-24-9-8-22(29-24)14-20-6-7-21(28-20)15-23-10-11-25(30-23)17-27(19)31-26/h1-11,13-17,29,31H,12H2. The van der Waals surface area contributed by atoms with Gasteiger partial charge in [-0.05, 0) is 84.3 Å². The average Bonchev–Trinajstić information content (AvgIpc) is 3.55. The van der Waals surface area contributed by atoms with Crippen molar-refractivity contribution in [3.8, 4) is 0 Å². The number of aromatic nitrogens is 4. The SMILES string of the molecule is C1=Cc2cc3ccc(cc4cc(Cc5ccccc5)c(cc5nc(cc1n2)C=C5)[nH]4)[nH]3. The maximum Gasteiger partial charge on any atom is 0.0659 e. The molecule has 0 spiro atoms. The Morgan fingerprint density at radius 2 is 1.19 bits per heavy atom. The van der Waals surface area contributed by atoms with Crippen LogP contribution in [0.4, 0.5) is 0 Å². The summed E-state index contributed by atoms with van der Waals surface area (Å²) in [6.45, 7) is 0. The molecule has 1 aromatic carbocycles. The molecule has 3 aromatic heterocycles. The molecule has 0 fully saturated rings. The van der Waals surface area contributed by atoms with Crippen LogP contribution in [0.2, 0.25) is 0 Å². The lowest BCUT2D eigenvalue weighted by Crippen LogP contribution is -1.86. The molecule has 31 heavy (non-hydrogen) atoms. The fraction of sp³-hybridized carbons (Fsp3) is 0.0370. The van der Waals surface area contributed by atoms with Gasteiger partial charge in [-0.25, -0.2) is 9.97 Å². The van der Waals surface area contributed by atoms with Gasteiger partial charge in [0.15, 0.2) is 0 Å². The lowest BCUT2D eigenvalue weighted by molar-refractivity contribution is 1.22. The summed E-state index contributed by atoms with van der Waals surface area (Å²) in [7, 11) is 0. The number of rotatable bonds is 2. The smallest absolute Gasteiger partial charge is 0.0659 e. The third-order valence-electron chi connectivity index (χ3n) is 5.49. The molecule has 8 bridgehead atoms. The second-order valence-electron chi connectivity index (χ2n) is 7.86. The van der Waals surface area contributed by atoms with Crippen LogP contribution in [-0.2, 0) is 6.42 Å². The molecule has 4 nitrogen and oxygen atoms in total. The first kappa shape index (κ1) is 17.7. The summed E-state index contributed by atoms with van der Waals surface area (Å²) in [5.74, 6) is 0. The van der Waals surface area contributed by atoms with Gasteiger partial charge >= 0.3 is 0 Å². The number of H-pyrrole nitrogens is 2. The molecule has 0 saturated heterocycles. The van der Waals surface area contributed by atoms with E-state index in [2.05, 4.69) is 81.7 Å². The zero-order valence-electron chi connectivity index (χ0n) is 16.8. The number of fused-ring (bicyclic) bond motifs is 8. The average molecular weight is 400 g/mol. The van der Waals surface area contributed by atoms with Gasteiger partial charge in [0.05, 0.1) is 22.8 Å². The van der Waals surface area contributed by atoms with Crippen LogP contribution in [0.1, 0.15) is 33.9 Å². The van der Waals surface area contributed by atoms with Crippen LogP contribution in [0.15, 0.2) is 72.8 Å². The molecular formula is C27H20N4. The Hall–Kier alpha value is -4.18. The zero-order chi connectivity index (χ0) is 20.6. The highest BCUT2D eigenvalue weighted by molar-refractivity contribution is 5.78. The van der Waals surface area contributed by atoms with Crippen molar-refractivity contribution in [3.63, 3.8) is 0 Å². The molecule has 0 aliphatic carbocycles. The number of nitrogens with one attached hydrogen (secondary N) is 2. The van der Waals surface area contributed by atoms with E-state index in [0.29, 0.717) is 0 Å². The topological polar surface area (TPSA) is 57.4 Å². The molecule has 0 amide bonds. The number of benzene rings is 1. The minimum Gasteiger partial charge on any atom is -0.355 e. The molecule has 0 unspecified atom stereocenters. The van der Waals surface area contributed by atoms with E-state index in [1.165, 1.54) is 11.1 Å². The van der Waals surface area contributed by atoms with Crippen LogP contribution in [0.5, 0.6) is 0 Å². The number of hydrogen-bond acceptors (Lipinski definition) is 2. The van der Waals surface area contributed by atoms with E-state index < -0.39 is 0 Å². The summed E-state index contributed by atoms with van der Waals surface area (Å²) in [6.07, 6.45) is 8.99. The lowest BCUT2D eigenvalue weighted by Gasteiger charge is -1.99. The Kier molecular flexibility index (Phi) is 4.13. The van der Waals surface area contributed by atoms with E-state index in [9.17, 15) is 0 Å². The molecule has 2 aliphatic rings. The van der Waals surface area contributed by atoms with Gasteiger partial charge in [-0.1, -0.05) is 30.3 Å². The summed E-state index contributed by atoms with van der Waals surface area (Å²) >= 11 is 0. The number of aromatic amines is 2. The Balaban J connectivity index is 1.60. The highest BCUT2D eigenvalue weighted by atomic mass is 14.8. The van der Waals surface area contributed by atoms with E-state index in [1.54, 1.807) is 0 Å². The van der Waals surface area contributed by atoms with Gasteiger partial charge in [-0.15, -0.1) is 0 Å². The Morgan fingerprint density at radius 1 is 0.548 bits per heavy atom. The van der Waals surface area contributed by atoms with Gasteiger partial charge < -0.3 is 9.97 Å². The van der Waals surface area contributed by atoms with Crippen molar-refractivity contribution in [1.29, 1.82) is 0 Å². The number of hydrogen-bond donors (Lipinski definition) is 2. The largest absolute Gasteiger partial charge is 0.355 e. The molecule has 5 heterocycles. The van der Waals surface area contributed by atoms with Gasteiger partial charge in [-0.2, -0.15) is 0 Å². The highest BCUT2D eigenvalue weighted by Crippen LogP contribution is 2.21. The molecule has 4 heteroatoms. The van der Waals surface area contributed by atoms with E-state index >= 15 is 0 Å². The Morgan fingerprint density at radius 3 is 1.94 bits per heavy atom. The first-order valence-corrected chi connectivity index (χ1v) is 10.4. The first-order chi connectivity index (χ1) is 15.3. The van der Waals surface area contributed by atoms with E-state index in [0.717, 1.165) is 51.3 Å². The third-order valence-corrected chi connectivity index (χ3v) is 5.49. The van der Waals surface area contributed by atoms with Crippen molar-refractivity contribution in [1.82, 2.24) is 19.9 Å². The summed E-state index contributed by atoms with van der Waals surface area (Å²) in [6, 6.07) is 25.3. The number of nitrogens with zero attached hydrogens (tertiary/aromatic N) is 2. The Bertz CT molecular complexity index is 1500. The second-order valence-corrected chi connectivity index (χ2v) is 7.86.